The highest BCUT2D eigenvalue weighted by Crippen LogP contribution is 2.27. The fourth-order valence-corrected chi connectivity index (χ4v) is 2.83. The summed E-state index contributed by atoms with van der Waals surface area (Å²) in [6.07, 6.45) is 6.29. The van der Waals surface area contributed by atoms with Crippen molar-refractivity contribution in [2.45, 2.75) is 19.1 Å². The van der Waals surface area contributed by atoms with E-state index in [0.29, 0.717) is 17.8 Å². The Kier molecular flexibility index (Phi) is 3.41. The maximum atomic E-state index is 8.96. The van der Waals surface area contributed by atoms with Gasteiger partial charge < -0.3 is 10.1 Å². The van der Waals surface area contributed by atoms with E-state index in [1.807, 2.05) is 24.4 Å². The first-order valence-electron chi connectivity index (χ1n) is 7.51. The summed E-state index contributed by atoms with van der Waals surface area (Å²) in [5, 5.41) is 16.5. The fourth-order valence-electron chi connectivity index (χ4n) is 2.83. The molecule has 1 N–H and O–H groups in total. The highest BCUT2D eigenvalue weighted by atomic mass is 16.5. The number of benzene rings is 1. The number of hydrogen-bond acceptors (Lipinski definition) is 5. The van der Waals surface area contributed by atoms with Gasteiger partial charge in [0.1, 0.15) is 23.5 Å². The number of para-hydroxylation sites is 1. The fraction of sp³-hybridized carbons (Fsp3) is 0.235. The van der Waals surface area contributed by atoms with Crippen LogP contribution in [0, 0.1) is 11.3 Å². The second kappa shape index (κ2) is 5.71. The number of rotatable bonds is 4. The normalized spacial score (nSPS) is 16.0. The predicted octanol–water partition coefficient (Wildman–Crippen LogP) is 1.69. The van der Waals surface area contributed by atoms with Crippen LogP contribution in [0.5, 0.6) is 5.75 Å². The molecule has 0 bridgehead atoms. The van der Waals surface area contributed by atoms with Gasteiger partial charge in [-0.05, 0) is 11.6 Å². The summed E-state index contributed by atoms with van der Waals surface area (Å²) in [7, 11) is 0. The zero-order valence-electron chi connectivity index (χ0n) is 12.4. The van der Waals surface area contributed by atoms with Gasteiger partial charge >= 0.3 is 0 Å². The number of fused-ring (bicyclic) bond motifs is 2. The molecule has 1 aliphatic heterocycles. The summed E-state index contributed by atoms with van der Waals surface area (Å²) in [6.45, 7) is 1.45. The highest BCUT2D eigenvalue weighted by Gasteiger charge is 2.21. The first kappa shape index (κ1) is 13.7. The van der Waals surface area contributed by atoms with Crippen LogP contribution >= 0.6 is 0 Å². The second-order valence-electron chi connectivity index (χ2n) is 5.58. The minimum Gasteiger partial charge on any atom is -0.488 e. The molecular weight excluding hydrogens is 290 g/mol. The average Bonchev–Trinajstić information content (AvgIpc) is 3.17. The van der Waals surface area contributed by atoms with Crippen molar-refractivity contribution in [3.63, 3.8) is 0 Å². The molecule has 3 heterocycles. The lowest BCUT2D eigenvalue weighted by Crippen LogP contribution is -2.29. The minimum atomic E-state index is 0.166. The smallest absolute Gasteiger partial charge is 0.172 e. The lowest BCUT2D eigenvalue weighted by atomic mass is 10.1. The van der Waals surface area contributed by atoms with Gasteiger partial charge in [0.25, 0.3) is 0 Å². The third-order valence-electron chi connectivity index (χ3n) is 3.95. The molecule has 1 aliphatic rings. The van der Waals surface area contributed by atoms with Gasteiger partial charge in [-0.2, -0.15) is 10.4 Å². The van der Waals surface area contributed by atoms with Crippen molar-refractivity contribution in [1.29, 1.82) is 5.26 Å². The molecule has 2 aromatic heterocycles. The number of aromatic nitrogens is 3. The summed E-state index contributed by atoms with van der Waals surface area (Å²) in [4.78, 5) is 4.30. The van der Waals surface area contributed by atoms with E-state index >= 15 is 0 Å². The predicted molar refractivity (Wildman–Crippen MR) is 84.0 cm³/mol. The van der Waals surface area contributed by atoms with E-state index in [4.69, 9.17) is 10.00 Å². The topological polar surface area (TPSA) is 75.2 Å². The first-order chi connectivity index (χ1) is 11.3. The molecule has 6 heteroatoms. The molecule has 0 amide bonds. The Bertz CT molecular complexity index is 870. The Morgan fingerprint density at radius 3 is 3.13 bits per heavy atom. The zero-order valence-corrected chi connectivity index (χ0v) is 12.4. The molecule has 0 saturated heterocycles. The molecule has 0 spiro atoms. The molecule has 0 radical (unpaired) electrons. The molecular formula is C17H15N5O. The van der Waals surface area contributed by atoms with E-state index in [1.54, 1.807) is 10.7 Å². The largest absolute Gasteiger partial charge is 0.488 e. The molecule has 4 rings (SSSR count). The first-order valence-corrected chi connectivity index (χ1v) is 7.51. The maximum absolute atomic E-state index is 8.96. The summed E-state index contributed by atoms with van der Waals surface area (Å²) in [5.74, 6) is 0.989. The van der Waals surface area contributed by atoms with Crippen LogP contribution in [0.15, 0.2) is 42.9 Å². The van der Waals surface area contributed by atoms with Gasteiger partial charge in [0, 0.05) is 37.5 Å². The lowest BCUT2D eigenvalue weighted by molar-refractivity contribution is 0.227. The Balaban J connectivity index is 1.36. The van der Waals surface area contributed by atoms with Crippen LogP contribution in [-0.2, 0) is 13.0 Å². The SMILES string of the molecule is N#Cc1cnn2cc(CNC[C@H]3Cc4ccccc4O3)cnc12. The van der Waals surface area contributed by atoms with Crippen LogP contribution in [0.4, 0.5) is 0 Å². The second-order valence-corrected chi connectivity index (χ2v) is 5.58. The summed E-state index contributed by atoms with van der Waals surface area (Å²) in [6, 6.07) is 10.2. The van der Waals surface area contributed by atoms with Crippen LogP contribution in [-0.4, -0.2) is 27.2 Å². The Hall–Kier alpha value is -2.91. The van der Waals surface area contributed by atoms with E-state index in [1.165, 1.54) is 11.8 Å². The number of nitrogens with zero attached hydrogens (tertiary/aromatic N) is 4. The van der Waals surface area contributed by atoms with Crippen molar-refractivity contribution >= 4 is 5.65 Å². The van der Waals surface area contributed by atoms with E-state index < -0.39 is 0 Å². The van der Waals surface area contributed by atoms with Crippen molar-refractivity contribution in [2.24, 2.45) is 0 Å². The Morgan fingerprint density at radius 1 is 1.35 bits per heavy atom. The maximum Gasteiger partial charge on any atom is 0.172 e. The third-order valence-corrected chi connectivity index (χ3v) is 3.95. The molecule has 1 atom stereocenters. The third kappa shape index (κ3) is 2.62. The van der Waals surface area contributed by atoms with Gasteiger partial charge in [-0.1, -0.05) is 18.2 Å². The van der Waals surface area contributed by atoms with Gasteiger partial charge in [-0.15, -0.1) is 0 Å². The molecule has 0 fully saturated rings. The summed E-state index contributed by atoms with van der Waals surface area (Å²) < 4.78 is 7.54. The molecule has 6 nitrogen and oxygen atoms in total. The quantitative estimate of drug-likeness (QED) is 0.794. The van der Waals surface area contributed by atoms with Crippen LogP contribution in [0.25, 0.3) is 5.65 Å². The Morgan fingerprint density at radius 2 is 2.26 bits per heavy atom. The van der Waals surface area contributed by atoms with E-state index in [0.717, 1.165) is 24.3 Å². The zero-order chi connectivity index (χ0) is 15.6. The average molecular weight is 305 g/mol. The number of nitrogens with one attached hydrogen (secondary N) is 1. The lowest BCUT2D eigenvalue weighted by Gasteiger charge is -2.11. The standard InChI is InChI=1S/C17H15N5O/c18-6-14-9-21-22-11-12(8-20-17(14)22)7-19-10-15-5-13-3-1-2-4-16(13)23-15/h1-4,8-9,11,15,19H,5,7,10H2/t15-/m1/s1. The van der Waals surface area contributed by atoms with Crippen LogP contribution in [0.3, 0.4) is 0 Å². The molecule has 0 unspecified atom stereocenters. The van der Waals surface area contributed by atoms with Crippen LogP contribution in [0.2, 0.25) is 0 Å². The highest BCUT2D eigenvalue weighted by molar-refractivity contribution is 5.53. The molecule has 23 heavy (non-hydrogen) atoms. The summed E-state index contributed by atoms with van der Waals surface area (Å²) in [5.41, 5.74) is 3.36. The van der Waals surface area contributed by atoms with Crippen molar-refractivity contribution in [2.75, 3.05) is 6.54 Å². The molecule has 0 aliphatic carbocycles. The van der Waals surface area contributed by atoms with Gasteiger partial charge in [0.2, 0.25) is 0 Å². The molecule has 1 aromatic carbocycles. The van der Waals surface area contributed by atoms with E-state index in [9.17, 15) is 0 Å². The molecule has 3 aromatic rings. The summed E-state index contributed by atoms with van der Waals surface area (Å²) >= 11 is 0. The van der Waals surface area contributed by atoms with Crippen molar-refractivity contribution < 1.29 is 4.74 Å². The Labute approximate surface area is 133 Å². The van der Waals surface area contributed by atoms with E-state index in [2.05, 4.69) is 27.5 Å². The van der Waals surface area contributed by atoms with Gasteiger partial charge in [-0.25, -0.2) is 9.50 Å². The number of hydrogen-bond donors (Lipinski definition) is 1. The van der Waals surface area contributed by atoms with Gasteiger partial charge in [0.05, 0.1) is 6.20 Å². The van der Waals surface area contributed by atoms with Crippen LogP contribution < -0.4 is 10.1 Å². The van der Waals surface area contributed by atoms with Crippen molar-refractivity contribution in [1.82, 2.24) is 19.9 Å². The van der Waals surface area contributed by atoms with Crippen molar-refractivity contribution in [3.8, 4) is 11.8 Å². The monoisotopic (exact) mass is 305 g/mol. The van der Waals surface area contributed by atoms with Crippen molar-refractivity contribution in [3.05, 3.63) is 59.5 Å². The molecule has 0 saturated carbocycles. The van der Waals surface area contributed by atoms with E-state index in [-0.39, 0.29) is 6.10 Å². The van der Waals surface area contributed by atoms with Crippen LogP contribution in [0.1, 0.15) is 16.7 Å². The van der Waals surface area contributed by atoms with Gasteiger partial charge in [-0.3, -0.25) is 0 Å². The molecule has 114 valence electrons. The number of ether oxygens (including phenoxy) is 1. The van der Waals surface area contributed by atoms with Gasteiger partial charge in [0.15, 0.2) is 5.65 Å². The number of nitriles is 1. The minimum absolute atomic E-state index is 0.166.